The van der Waals surface area contributed by atoms with Crippen molar-refractivity contribution in [2.24, 2.45) is 0 Å². The zero-order valence-electron chi connectivity index (χ0n) is 8.51. The van der Waals surface area contributed by atoms with Gasteiger partial charge in [0.15, 0.2) is 6.10 Å². The fourth-order valence-electron chi connectivity index (χ4n) is 0.827. The lowest BCUT2D eigenvalue weighted by Crippen LogP contribution is -2.24. The van der Waals surface area contributed by atoms with Crippen molar-refractivity contribution in [1.82, 2.24) is 5.32 Å². The van der Waals surface area contributed by atoms with E-state index < -0.39 is 36.3 Å². The molecule has 0 aromatic carbocycles. The normalized spacial score (nSPS) is 27.4. The number of amides is 1. The van der Waals surface area contributed by atoms with E-state index in [4.69, 9.17) is 0 Å². The van der Waals surface area contributed by atoms with Crippen LogP contribution < -0.4 is 5.32 Å². The average Bonchev–Trinajstić information content (AvgIpc) is 2.58. The van der Waals surface area contributed by atoms with Gasteiger partial charge in [-0.25, -0.2) is 19.2 Å². The lowest BCUT2D eigenvalue weighted by molar-refractivity contribution is -0.136. The zero-order valence-corrected chi connectivity index (χ0v) is 8.51. The highest BCUT2D eigenvalue weighted by molar-refractivity contribution is 5.95. The van der Waals surface area contributed by atoms with E-state index in [0.717, 1.165) is 0 Å². The molecule has 0 radical (unpaired) electrons. The predicted molar refractivity (Wildman–Crippen MR) is 46.1 cm³/mol. The van der Waals surface area contributed by atoms with E-state index in [2.05, 4.69) is 19.5 Å². The maximum absolute atomic E-state index is 10.3. The summed E-state index contributed by atoms with van der Waals surface area (Å²) in [6.45, 7) is 3.01. The second-order valence-electron chi connectivity index (χ2n) is 3.01. The summed E-state index contributed by atoms with van der Waals surface area (Å²) in [5, 5.41) is 2.26. The van der Waals surface area contributed by atoms with Gasteiger partial charge in [-0.1, -0.05) is 0 Å². The van der Waals surface area contributed by atoms with Crippen molar-refractivity contribution in [3.05, 3.63) is 0 Å². The first-order valence-electron chi connectivity index (χ1n) is 4.34. The van der Waals surface area contributed by atoms with Crippen molar-refractivity contribution >= 4 is 24.2 Å². The minimum atomic E-state index is -0.900. The molecule has 1 N–H and O–H groups in total. The molecule has 2 fully saturated rings. The summed E-state index contributed by atoms with van der Waals surface area (Å²) in [5.41, 5.74) is 0. The van der Waals surface area contributed by atoms with Gasteiger partial charge in [-0.15, -0.1) is 0 Å². The predicted octanol–water partition coefficient (Wildman–Crippen LogP) is -0.290. The van der Waals surface area contributed by atoms with Crippen LogP contribution in [0.4, 0.5) is 9.59 Å². The average molecular weight is 231 g/mol. The second-order valence-corrected chi connectivity index (χ2v) is 3.01. The van der Waals surface area contributed by atoms with Crippen LogP contribution in [0.1, 0.15) is 13.8 Å². The third-order valence-electron chi connectivity index (χ3n) is 1.67. The van der Waals surface area contributed by atoms with Gasteiger partial charge in [0.25, 0.3) is 0 Å². The fourth-order valence-corrected chi connectivity index (χ4v) is 0.827. The highest BCUT2D eigenvalue weighted by Gasteiger charge is 2.30. The summed E-state index contributed by atoms with van der Waals surface area (Å²) in [5.74, 6) is -1.12. The number of ether oxygens (including phenoxy) is 3. The maximum atomic E-state index is 10.3. The monoisotopic (exact) mass is 231 g/mol. The van der Waals surface area contributed by atoms with Gasteiger partial charge >= 0.3 is 24.2 Å². The Balaban J connectivity index is 0.000000160. The summed E-state index contributed by atoms with van der Waals surface area (Å²) >= 11 is 0. The van der Waals surface area contributed by atoms with Crippen molar-refractivity contribution in [3.8, 4) is 0 Å². The minimum Gasteiger partial charge on any atom is -0.419 e. The number of carbonyl (C=O) groups excluding carboxylic acids is 4. The van der Waals surface area contributed by atoms with Gasteiger partial charge in [0, 0.05) is 0 Å². The van der Waals surface area contributed by atoms with E-state index in [1.165, 1.54) is 6.92 Å². The van der Waals surface area contributed by atoms with Crippen LogP contribution in [0.3, 0.4) is 0 Å². The Kier molecular flexibility index (Phi) is 3.44. The Morgan fingerprint density at radius 2 is 1.62 bits per heavy atom. The highest BCUT2D eigenvalue weighted by Crippen LogP contribution is 2.05. The first-order chi connectivity index (χ1) is 7.40. The largest absolute Gasteiger partial charge is 0.517 e. The van der Waals surface area contributed by atoms with Crippen LogP contribution >= 0.6 is 0 Å². The first-order valence-corrected chi connectivity index (χ1v) is 4.34. The van der Waals surface area contributed by atoms with Gasteiger partial charge < -0.3 is 19.5 Å². The second kappa shape index (κ2) is 4.60. The smallest absolute Gasteiger partial charge is 0.419 e. The van der Waals surface area contributed by atoms with E-state index in [1.807, 2.05) is 0 Å². The molecule has 0 saturated carbocycles. The Bertz CT molecular complexity index is 316. The number of hydrogen-bond acceptors (Lipinski definition) is 7. The molecule has 2 aliphatic heterocycles. The molecule has 0 bridgehead atoms. The topological polar surface area (TPSA) is 108 Å². The van der Waals surface area contributed by atoms with Gasteiger partial charge in [0.05, 0.1) is 0 Å². The number of hydrogen-bond donors (Lipinski definition) is 1. The Morgan fingerprint density at radius 3 is 1.75 bits per heavy atom. The van der Waals surface area contributed by atoms with Gasteiger partial charge in [0.2, 0.25) is 0 Å². The molecule has 2 rings (SSSR count). The SMILES string of the molecule is CC1NC(=O)OC1=O.CC1OC(=O)OC1=O. The van der Waals surface area contributed by atoms with E-state index in [1.54, 1.807) is 6.92 Å². The number of alkyl carbamates (subject to hydrolysis) is 1. The molecular formula is C8H9NO7. The van der Waals surface area contributed by atoms with E-state index >= 15 is 0 Å². The molecule has 2 heterocycles. The van der Waals surface area contributed by atoms with Crippen molar-refractivity contribution in [2.45, 2.75) is 26.0 Å². The molecule has 0 spiro atoms. The fraction of sp³-hybridized carbons (Fsp3) is 0.500. The van der Waals surface area contributed by atoms with E-state index in [9.17, 15) is 19.2 Å². The summed E-state index contributed by atoms with van der Waals surface area (Å²) < 4.78 is 12.3. The quantitative estimate of drug-likeness (QED) is 0.450. The first kappa shape index (κ1) is 12.0. The molecule has 8 heteroatoms. The van der Waals surface area contributed by atoms with Crippen LogP contribution in [0.2, 0.25) is 0 Å². The number of esters is 2. The third-order valence-corrected chi connectivity index (χ3v) is 1.67. The van der Waals surface area contributed by atoms with Crippen LogP contribution in [0.15, 0.2) is 0 Å². The van der Waals surface area contributed by atoms with Gasteiger partial charge in [-0.05, 0) is 13.8 Å². The van der Waals surface area contributed by atoms with Crippen LogP contribution in [-0.2, 0) is 23.8 Å². The summed E-state index contributed by atoms with van der Waals surface area (Å²) in [7, 11) is 0. The van der Waals surface area contributed by atoms with Crippen molar-refractivity contribution in [1.29, 1.82) is 0 Å². The molecule has 0 aromatic heterocycles. The third kappa shape index (κ3) is 2.94. The molecule has 2 aliphatic rings. The van der Waals surface area contributed by atoms with E-state index in [-0.39, 0.29) is 0 Å². The van der Waals surface area contributed by atoms with Crippen molar-refractivity contribution in [2.75, 3.05) is 0 Å². The molecule has 2 atom stereocenters. The number of rotatable bonds is 0. The molecule has 16 heavy (non-hydrogen) atoms. The van der Waals surface area contributed by atoms with Crippen LogP contribution in [0, 0.1) is 0 Å². The lowest BCUT2D eigenvalue weighted by atomic mass is 10.4. The molecule has 8 nitrogen and oxygen atoms in total. The minimum absolute atomic E-state index is 0.470. The summed E-state index contributed by atoms with van der Waals surface area (Å²) in [6, 6.07) is -0.470. The lowest BCUT2D eigenvalue weighted by Gasteiger charge is -1.88. The molecule has 2 saturated heterocycles. The van der Waals surface area contributed by atoms with E-state index in [0.29, 0.717) is 0 Å². The van der Waals surface area contributed by atoms with Gasteiger partial charge in [-0.3, -0.25) is 0 Å². The van der Waals surface area contributed by atoms with Gasteiger partial charge in [-0.2, -0.15) is 0 Å². The molecule has 0 aromatic rings. The van der Waals surface area contributed by atoms with Gasteiger partial charge in [0.1, 0.15) is 6.04 Å². The zero-order chi connectivity index (χ0) is 12.3. The Labute approximate surface area is 89.8 Å². The highest BCUT2D eigenvalue weighted by atomic mass is 16.8. The Morgan fingerprint density at radius 1 is 1.00 bits per heavy atom. The number of carbonyl (C=O) groups is 4. The summed E-state index contributed by atoms with van der Waals surface area (Å²) in [4.78, 5) is 40.6. The molecule has 88 valence electrons. The molecule has 2 unspecified atom stereocenters. The van der Waals surface area contributed by atoms with Crippen molar-refractivity contribution in [3.63, 3.8) is 0 Å². The number of nitrogens with one attached hydrogen (secondary N) is 1. The molecule has 0 aliphatic carbocycles. The van der Waals surface area contributed by atoms with Crippen molar-refractivity contribution < 1.29 is 33.4 Å². The van der Waals surface area contributed by atoms with Crippen LogP contribution in [0.25, 0.3) is 0 Å². The molecule has 1 amide bonds. The Hall–Kier alpha value is -2.12. The summed E-state index contributed by atoms with van der Waals surface area (Å²) in [6.07, 6.45) is -2.27. The molecular weight excluding hydrogens is 222 g/mol. The van der Waals surface area contributed by atoms with Crippen LogP contribution in [-0.4, -0.2) is 36.3 Å². The number of cyclic esters (lactones) is 5. The maximum Gasteiger partial charge on any atom is 0.517 e. The van der Waals surface area contributed by atoms with Crippen LogP contribution in [0.5, 0.6) is 0 Å². The standard InChI is InChI=1S/C4H5NO3.C4H4O4/c1-2-3(6)8-4(7)5-2;1-2-3(5)8-4(6)7-2/h2H,1H3,(H,5,7);2H,1H3.